The summed E-state index contributed by atoms with van der Waals surface area (Å²) in [5, 5.41) is 0. The molecule has 0 amide bonds. The lowest BCUT2D eigenvalue weighted by Crippen LogP contribution is -2.34. The number of fused-ring (bicyclic) bond motifs is 1. The molecule has 0 aromatic carbocycles. The molecule has 2 aliphatic rings. The molecule has 20 heavy (non-hydrogen) atoms. The van der Waals surface area contributed by atoms with Crippen LogP contribution in [0, 0.1) is 12.0 Å². The maximum Gasteiger partial charge on any atom is 0.373 e. The molecule has 0 aromatic rings. The topological polar surface area (TPSA) is 55.6 Å². The summed E-state index contributed by atoms with van der Waals surface area (Å²) in [7, 11) is 0. The van der Waals surface area contributed by atoms with Crippen LogP contribution >= 0.6 is 0 Å². The monoisotopic (exact) mass is 273 g/mol. The number of rotatable bonds is 1. The normalized spacial score (nSPS) is 31.6. The third-order valence-corrected chi connectivity index (χ3v) is 4.35. The van der Waals surface area contributed by atoms with Crippen LogP contribution in [0.25, 0.3) is 4.85 Å². The Labute approximate surface area is 119 Å². The van der Waals surface area contributed by atoms with Gasteiger partial charge >= 0.3 is 6.15 Å². The van der Waals surface area contributed by atoms with Crippen LogP contribution in [0.3, 0.4) is 0 Å². The van der Waals surface area contributed by atoms with E-state index in [1.807, 2.05) is 19.9 Å². The van der Waals surface area contributed by atoms with Gasteiger partial charge in [0.15, 0.2) is 0 Å². The van der Waals surface area contributed by atoms with Crippen molar-refractivity contribution in [3.05, 3.63) is 34.7 Å². The Kier molecular flexibility index (Phi) is 4.81. The van der Waals surface area contributed by atoms with E-state index in [1.54, 1.807) is 0 Å². The fourth-order valence-corrected chi connectivity index (χ4v) is 3.16. The fourth-order valence-electron chi connectivity index (χ4n) is 3.16. The van der Waals surface area contributed by atoms with Gasteiger partial charge in [-0.25, -0.2) is 6.57 Å². The highest BCUT2D eigenvalue weighted by Crippen LogP contribution is 2.50. The lowest BCUT2D eigenvalue weighted by atomic mass is 9.71. The molecule has 0 bridgehead atoms. The van der Waals surface area contributed by atoms with E-state index in [-0.39, 0.29) is 11.9 Å². The van der Waals surface area contributed by atoms with Crippen molar-refractivity contribution in [2.24, 2.45) is 5.41 Å². The molecule has 0 heterocycles. The van der Waals surface area contributed by atoms with E-state index in [0.29, 0.717) is 6.42 Å². The Morgan fingerprint density at radius 2 is 1.95 bits per heavy atom. The molecule has 0 radical (unpaired) electrons. The first-order valence-electron chi connectivity index (χ1n) is 6.68. The van der Waals surface area contributed by atoms with E-state index < -0.39 is 11.0 Å². The van der Waals surface area contributed by atoms with Gasteiger partial charge in [-0.05, 0) is 19.8 Å². The molecule has 0 aromatic heterocycles. The van der Waals surface area contributed by atoms with E-state index in [2.05, 4.69) is 17.8 Å². The Bertz CT molecular complexity index is 547. The van der Waals surface area contributed by atoms with Crippen LogP contribution in [-0.4, -0.2) is 17.5 Å². The van der Waals surface area contributed by atoms with Crippen LogP contribution in [-0.2, 0) is 14.4 Å². The lowest BCUT2D eigenvalue weighted by molar-refractivity contribution is -0.191. The number of ketones is 1. The highest BCUT2D eigenvalue weighted by molar-refractivity contribution is 5.93. The highest BCUT2D eigenvalue weighted by Gasteiger charge is 2.52. The highest BCUT2D eigenvalue weighted by atomic mass is 16.2. The van der Waals surface area contributed by atoms with E-state index in [0.717, 1.165) is 24.8 Å². The molecule has 2 rings (SSSR count). The van der Waals surface area contributed by atoms with Crippen molar-refractivity contribution < 1.29 is 14.4 Å². The predicted octanol–water partition coefficient (Wildman–Crippen LogP) is 3.12. The van der Waals surface area contributed by atoms with Gasteiger partial charge in [-0.3, -0.25) is 4.79 Å². The second kappa shape index (κ2) is 5.98. The largest absolute Gasteiger partial charge is 0.373 e. The Morgan fingerprint density at radius 3 is 2.45 bits per heavy atom. The second-order valence-electron chi connectivity index (χ2n) is 5.64. The minimum Gasteiger partial charge on any atom is -0.306 e. The minimum atomic E-state index is -0.516. The molecule has 106 valence electrons. The van der Waals surface area contributed by atoms with Gasteiger partial charge in [-0.2, -0.15) is 9.59 Å². The number of carbonyl (C=O) groups is 1. The molecule has 0 saturated heterocycles. The summed E-state index contributed by atoms with van der Waals surface area (Å²) in [6, 6.07) is 0. The summed E-state index contributed by atoms with van der Waals surface area (Å²) in [4.78, 5) is 32.2. The van der Waals surface area contributed by atoms with Gasteiger partial charge in [0.05, 0.1) is 5.41 Å². The van der Waals surface area contributed by atoms with Crippen molar-refractivity contribution in [3.63, 3.8) is 0 Å². The van der Waals surface area contributed by atoms with E-state index >= 15 is 0 Å². The van der Waals surface area contributed by atoms with Gasteiger partial charge in [-0.15, -0.1) is 0 Å². The second-order valence-corrected chi connectivity index (χ2v) is 5.64. The van der Waals surface area contributed by atoms with Crippen LogP contribution in [0.2, 0.25) is 0 Å². The molecule has 0 saturated carbocycles. The maximum atomic E-state index is 12.2. The quantitative estimate of drug-likeness (QED) is 0.545. The average Bonchev–Trinajstić information content (AvgIpc) is 2.65. The summed E-state index contributed by atoms with van der Waals surface area (Å²) in [5.74, 6) is 0.281. The SMILES string of the molecule is O=C=O.[C-]#[N+][C@]1(C)CC=C(CC)C[C@]2(C)C(=O)CC=C21. The standard InChI is InChI=1S/C15H19NO.CO2/c1-5-11-8-9-15(3,16-4)12-6-7-13(17)14(12,2)10-11;2-1-3/h6,8H,5,7,9-10H2,1-3H3;/t14-,15+;/m0./s1. The summed E-state index contributed by atoms with van der Waals surface area (Å²) < 4.78 is 0. The molecular weight excluding hydrogens is 254 g/mol. The first kappa shape index (κ1) is 16.1. The zero-order valence-corrected chi connectivity index (χ0v) is 12.2. The minimum absolute atomic E-state index is 0.250. The molecular formula is C16H19NO3. The van der Waals surface area contributed by atoms with Crippen molar-refractivity contribution in [1.29, 1.82) is 0 Å². The van der Waals surface area contributed by atoms with Crippen molar-refractivity contribution in [3.8, 4) is 0 Å². The first-order valence-corrected chi connectivity index (χ1v) is 6.68. The van der Waals surface area contributed by atoms with Crippen molar-refractivity contribution in [2.45, 2.75) is 52.0 Å². The van der Waals surface area contributed by atoms with Crippen molar-refractivity contribution >= 4 is 11.9 Å². The molecule has 2 aliphatic carbocycles. The summed E-state index contributed by atoms with van der Waals surface area (Å²) in [6.45, 7) is 13.6. The zero-order valence-electron chi connectivity index (χ0n) is 12.2. The van der Waals surface area contributed by atoms with Crippen LogP contribution in [0.1, 0.15) is 46.5 Å². The smallest absolute Gasteiger partial charge is 0.306 e. The average molecular weight is 273 g/mol. The predicted molar refractivity (Wildman–Crippen MR) is 73.4 cm³/mol. The van der Waals surface area contributed by atoms with Crippen LogP contribution < -0.4 is 0 Å². The number of hydrogen-bond donors (Lipinski definition) is 0. The number of allylic oxidation sites excluding steroid dienone is 2. The van der Waals surface area contributed by atoms with E-state index in [9.17, 15) is 4.79 Å². The van der Waals surface area contributed by atoms with Crippen LogP contribution in [0.5, 0.6) is 0 Å². The van der Waals surface area contributed by atoms with Crippen molar-refractivity contribution in [2.75, 3.05) is 0 Å². The lowest BCUT2D eigenvalue weighted by Gasteiger charge is -2.29. The molecule has 4 heteroatoms. The summed E-state index contributed by atoms with van der Waals surface area (Å²) in [6.07, 6.45) is 7.47. The number of hydrogen-bond acceptors (Lipinski definition) is 3. The van der Waals surface area contributed by atoms with Gasteiger partial charge in [-0.1, -0.05) is 24.6 Å². The summed E-state index contributed by atoms with van der Waals surface area (Å²) in [5.41, 5.74) is 1.45. The molecule has 2 atom stereocenters. The molecule has 0 spiro atoms. The number of carbonyl (C=O) groups excluding carboxylic acids is 3. The van der Waals surface area contributed by atoms with Gasteiger partial charge in [0.25, 0.3) is 5.54 Å². The molecule has 4 nitrogen and oxygen atoms in total. The van der Waals surface area contributed by atoms with Gasteiger partial charge in [0.2, 0.25) is 0 Å². The van der Waals surface area contributed by atoms with E-state index in [4.69, 9.17) is 16.2 Å². The molecule has 0 aliphatic heterocycles. The molecule has 0 N–H and O–H groups in total. The Balaban J connectivity index is 0.000000612. The van der Waals surface area contributed by atoms with E-state index in [1.165, 1.54) is 5.57 Å². The maximum absolute atomic E-state index is 12.2. The Morgan fingerprint density at radius 1 is 1.35 bits per heavy atom. The van der Waals surface area contributed by atoms with Crippen molar-refractivity contribution in [1.82, 2.24) is 0 Å². The summed E-state index contributed by atoms with van der Waals surface area (Å²) >= 11 is 0. The molecule has 0 unspecified atom stereocenters. The van der Waals surface area contributed by atoms with Gasteiger partial charge in [0, 0.05) is 25.3 Å². The third-order valence-electron chi connectivity index (χ3n) is 4.35. The zero-order chi connectivity index (χ0) is 15.4. The number of nitrogens with zero attached hydrogens (tertiary/aromatic N) is 1. The first-order chi connectivity index (χ1) is 9.37. The van der Waals surface area contributed by atoms with Crippen LogP contribution in [0.4, 0.5) is 0 Å². The number of Topliss-reactive ketones (excluding diaryl/α,β-unsaturated/α-hetero) is 1. The molecule has 0 fully saturated rings. The fraction of sp³-hybridized carbons (Fsp3) is 0.562. The van der Waals surface area contributed by atoms with Gasteiger partial charge in [0.1, 0.15) is 5.78 Å². The van der Waals surface area contributed by atoms with Gasteiger partial charge < -0.3 is 4.85 Å². The third kappa shape index (κ3) is 2.64. The van der Waals surface area contributed by atoms with Crippen LogP contribution in [0.15, 0.2) is 23.3 Å². The Hall–Kier alpha value is -1.98.